The largest absolute Gasteiger partial charge is 0.472 e. The van der Waals surface area contributed by atoms with Crippen molar-refractivity contribution >= 4 is 5.91 Å². The summed E-state index contributed by atoms with van der Waals surface area (Å²) in [7, 11) is 0. The zero-order valence-corrected chi connectivity index (χ0v) is 11.0. The highest BCUT2D eigenvalue weighted by Crippen LogP contribution is 2.26. The van der Waals surface area contributed by atoms with Crippen molar-refractivity contribution in [3.05, 3.63) is 35.9 Å². The molecular formula is C13H15N3O4. The van der Waals surface area contributed by atoms with Crippen LogP contribution in [0.15, 0.2) is 27.5 Å². The summed E-state index contributed by atoms with van der Waals surface area (Å²) < 4.78 is 15.5. The molecule has 0 aliphatic carbocycles. The molecule has 2 aromatic rings. The minimum Gasteiger partial charge on any atom is -0.472 e. The van der Waals surface area contributed by atoms with Crippen molar-refractivity contribution in [1.82, 2.24) is 15.5 Å². The second-order valence-corrected chi connectivity index (χ2v) is 4.70. The monoisotopic (exact) mass is 277 g/mol. The summed E-state index contributed by atoms with van der Waals surface area (Å²) >= 11 is 0. The van der Waals surface area contributed by atoms with E-state index in [9.17, 15) is 4.79 Å². The van der Waals surface area contributed by atoms with Crippen molar-refractivity contribution < 1.29 is 18.5 Å². The van der Waals surface area contributed by atoms with Gasteiger partial charge in [0.2, 0.25) is 11.7 Å². The van der Waals surface area contributed by atoms with Gasteiger partial charge in [-0.05, 0) is 25.8 Å². The van der Waals surface area contributed by atoms with E-state index in [4.69, 9.17) is 13.7 Å². The molecule has 0 radical (unpaired) electrons. The van der Waals surface area contributed by atoms with Gasteiger partial charge in [-0.1, -0.05) is 5.16 Å². The summed E-state index contributed by atoms with van der Waals surface area (Å²) in [6.07, 6.45) is 4.63. The van der Waals surface area contributed by atoms with Crippen LogP contribution in [-0.2, 0) is 4.74 Å². The van der Waals surface area contributed by atoms with Crippen molar-refractivity contribution in [3.63, 3.8) is 0 Å². The van der Waals surface area contributed by atoms with E-state index >= 15 is 0 Å². The third-order valence-electron chi connectivity index (χ3n) is 3.18. The van der Waals surface area contributed by atoms with Crippen molar-refractivity contribution in [2.45, 2.75) is 31.9 Å². The topological polar surface area (TPSA) is 90.4 Å². The van der Waals surface area contributed by atoms with Gasteiger partial charge in [-0.3, -0.25) is 4.79 Å². The van der Waals surface area contributed by atoms with Gasteiger partial charge in [0.15, 0.2) is 0 Å². The molecule has 7 nitrogen and oxygen atoms in total. The normalized spacial score (nSPS) is 19.9. The highest BCUT2D eigenvalue weighted by Gasteiger charge is 2.25. The summed E-state index contributed by atoms with van der Waals surface area (Å²) in [5.41, 5.74) is 0.454. The Hall–Kier alpha value is -2.15. The molecule has 1 saturated heterocycles. The number of furan rings is 1. The first-order chi connectivity index (χ1) is 9.74. The van der Waals surface area contributed by atoms with Crippen LogP contribution in [0.4, 0.5) is 0 Å². The van der Waals surface area contributed by atoms with Gasteiger partial charge in [0.1, 0.15) is 18.4 Å². The molecule has 106 valence electrons. The number of rotatable bonds is 4. The van der Waals surface area contributed by atoms with Crippen LogP contribution in [0.25, 0.3) is 0 Å². The predicted octanol–water partition coefficient (Wildman–Crippen LogP) is 2.01. The van der Waals surface area contributed by atoms with Crippen LogP contribution in [0.2, 0.25) is 0 Å². The van der Waals surface area contributed by atoms with Gasteiger partial charge in [0, 0.05) is 6.61 Å². The summed E-state index contributed by atoms with van der Waals surface area (Å²) in [5, 5.41) is 6.67. The molecule has 1 N–H and O–H groups in total. The molecule has 2 atom stereocenters. The lowest BCUT2D eigenvalue weighted by atomic mass is 10.2. The Morgan fingerprint density at radius 2 is 2.45 bits per heavy atom. The van der Waals surface area contributed by atoms with Crippen LogP contribution in [0.5, 0.6) is 0 Å². The summed E-state index contributed by atoms with van der Waals surface area (Å²) in [5.74, 6) is 0.664. The minimum atomic E-state index is -0.375. The lowest BCUT2D eigenvalue weighted by molar-refractivity contribution is 0.0931. The van der Waals surface area contributed by atoms with Crippen LogP contribution < -0.4 is 5.32 Å². The number of nitrogens with one attached hydrogen (secondary N) is 1. The quantitative estimate of drug-likeness (QED) is 0.919. The molecule has 0 bridgehead atoms. The summed E-state index contributed by atoms with van der Waals surface area (Å²) in [6, 6.07) is 1.22. The standard InChI is InChI=1S/C13H15N3O4/c1-8(14-12(17)9-4-6-18-7-9)13-15-11(16-20-13)10-3-2-5-19-10/h4,6-8,10H,2-3,5H2,1H3,(H,14,17)/t8-,10+/m0/s1. The van der Waals surface area contributed by atoms with Gasteiger partial charge in [0.25, 0.3) is 5.91 Å². The fourth-order valence-electron chi connectivity index (χ4n) is 2.07. The number of hydrogen-bond acceptors (Lipinski definition) is 6. The van der Waals surface area contributed by atoms with Crippen LogP contribution in [0.3, 0.4) is 0 Å². The Morgan fingerprint density at radius 3 is 3.15 bits per heavy atom. The van der Waals surface area contributed by atoms with Crippen LogP contribution in [0, 0.1) is 0 Å². The molecule has 3 heterocycles. The van der Waals surface area contributed by atoms with Gasteiger partial charge in [-0.15, -0.1) is 0 Å². The van der Waals surface area contributed by atoms with Crippen LogP contribution >= 0.6 is 0 Å². The first-order valence-electron chi connectivity index (χ1n) is 6.52. The average molecular weight is 277 g/mol. The van der Waals surface area contributed by atoms with Gasteiger partial charge < -0.3 is 19.0 Å². The predicted molar refractivity (Wildman–Crippen MR) is 66.8 cm³/mol. The molecule has 2 aromatic heterocycles. The second kappa shape index (κ2) is 5.46. The maximum absolute atomic E-state index is 11.9. The Labute approximate surface area is 115 Å². The third-order valence-corrected chi connectivity index (χ3v) is 3.18. The van der Waals surface area contributed by atoms with Gasteiger partial charge in [-0.25, -0.2) is 0 Å². The second-order valence-electron chi connectivity index (χ2n) is 4.70. The smallest absolute Gasteiger partial charge is 0.255 e. The molecular weight excluding hydrogens is 262 g/mol. The highest BCUT2D eigenvalue weighted by atomic mass is 16.5. The Balaban J connectivity index is 1.65. The van der Waals surface area contributed by atoms with Crippen molar-refractivity contribution in [1.29, 1.82) is 0 Å². The third kappa shape index (κ3) is 2.57. The van der Waals surface area contributed by atoms with Crippen molar-refractivity contribution in [2.24, 2.45) is 0 Å². The van der Waals surface area contributed by atoms with Crippen molar-refractivity contribution in [2.75, 3.05) is 6.61 Å². The molecule has 0 aromatic carbocycles. The molecule has 20 heavy (non-hydrogen) atoms. The van der Waals surface area contributed by atoms with E-state index in [2.05, 4.69) is 15.5 Å². The van der Waals surface area contributed by atoms with E-state index in [1.54, 1.807) is 13.0 Å². The van der Waals surface area contributed by atoms with E-state index in [0.717, 1.165) is 19.4 Å². The summed E-state index contributed by atoms with van der Waals surface area (Å²) in [4.78, 5) is 16.2. The fraction of sp³-hybridized carbons (Fsp3) is 0.462. The molecule has 3 rings (SSSR count). The molecule has 1 fully saturated rings. The number of carbonyl (C=O) groups is 1. The Bertz CT molecular complexity index is 572. The Morgan fingerprint density at radius 1 is 1.55 bits per heavy atom. The zero-order valence-electron chi connectivity index (χ0n) is 11.0. The average Bonchev–Trinajstić information content (AvgIpc) is 3.19. The van der Waals surface area contributed by atoms with E-state index in [0.29, 0.717) is 17.3 Å². The molecule has 1 amide bonds. The van der Waals surface area contributed by atoms with Crippen LogP contribution in [-0.4, -0.2) is 22.7 Å². The zero-order chi connectivity index (χ0) is 13.9. The number of carbonyl (C=O) groups excluding carboxylic acids is 1. The van der Waals surface area contributed by atoms with E-state index < -0.39 is 0 Å². The highest BCUT2D eigenvalue weighted by molar-refractivity contribution is 5.93. The molecule has 1 aliphatic heterocycles. The number of hydrogen-bond donors (Lipinski definition) is 1. The maximum atomic E-state index is 11.9. The maximum Gasteiger partial charge on any atom is 0.255 e. The number of amides is 1. The molecule has 1 aliphatic rings. The Kier molecular flexibility index (Phi) is 3.51. The lowest BCUT2D eigenvalue weighted by Gasteiger charge is -2.08. The van der Waals surface area contributed by atoms with Gasteiger partial charge in [0.05, 0.1) is 11.8 Å². The first-order valence-corrected chi connectivity index (χ1v) is 6.52. The van der Waals surface area contributed by atoms with Crippen LogP contribution in [0.1, 0.15) is 54.0 Å². The number of ether oxygens (including phenoxy) is 1. The van der Waals surface area contributed by atoms with Gasteiger partial charge in [-0.2, -0.15) is 4.98 Å². The minimum absolute atomic E-state index is 0.0933. The number of nitrogens with zero attached hydrogens (tertiary/aromatic N) is 2. The SMILES string of the molecule is C[C@H](NC(=O)c1ccoc1)c1nc([C@H]2CCCO2)no1. The summed E-state index contributed by atoms with van der Waals surface area (Å²) in [6.45, 7) is 2.51. The van der Waals surface area contributed by atoms with E-state index in [-0.39, 0.29) is 18.1 Å². The molecule has 0 spiro atoms. The molecule has 7 heteroatoms. The van der Waals surface area contributed by atoms with E-state index in [1.807, 2.05) is 0 Å². The van der Waals surface area contributed by atoms with E-state index in [1.165, 1.54) is 12.5 Å². The lowest BCUT2D eigenvalue weighted by Crippen LogP contribution is -2.26. The van der Waals surface area contributed by atoms with Gasteiger partial charge >= 0.3 is 0 Å². The first kappa shape index (κ1) is 12.9. The fourth-order valence-corrected chi connectivity index (χ4v) is 2.07. The molecule has 0 saturated carbocycles. The molecule has 0 unspecified atom stereocenters. The number of aromatic nitrogens is 2. The van der Waals surface area contributed by atoms with Crippen molar-refractivity contribution in [3.8, 4) is 0 Å².